The highest BCUT2D eigenvalue weighted by Gasteiger charge is 1.90. The smallest absolute Gasteiger partial charge is 0.137 e. The van der Waals surface area contributed by atoms with Gasteiger partial charge in [-0.1, -0.05) is 0 Å². The largest absolute Gasteiger partial charge is 0.497 e. The average Bonchev–Trinajstić information content (AvgIpc) is 2.05. The number of rotatable bonds is 2. The van der Waals surface area contributed by atoms with Gasteiger partial charge in [-0.3, -0.25) is 0 Å². The molecule has 0 spiro atoms. The van der Waals surface area contributed by atoms with Crippen molar-refractivity contribution in [2.45, 2.75) is 0 Å². The number of ether oxygens (including phenoxy) is 1. The van der Waals surface area contributed by atoms with E-state index in [1.54, 1.807) is 19.2 Å². The third-order valence-corrected chi connectivity index (χ3v) is 1.38. The first-order chi connectivity index (χ1) is 4.86. The number of thiol groups is 1. The van der Waals surface area contributed by atoms with Crippen LogP contribution >= 0.6 is 12.9 Å². The van der Waals surface area contributed by atoms with Gasteiger partial charge in [0.25, 0.3) is 0 Å². The maximum absolute atomic E-state index is 4.93. The summed E-state index contributed by atoms with van der Waals surface area (Å²) in [6.45, 7) is 0. The zero-order valence-electron chi connectivity index (χ0n) is 5.57. The molecule has 0 saturated carbocycles. The minimum atomic E-state index is 0.712. The molecule has 1 aromatic carbocycles. The van der Waals surface area contributed by atoms with Gasteiger partial charge in [0.1, 0.15) is 11.5 Å². The summed E-state index contributed by atoms with van der Waals surface area (Å²) in [6, 6.07) is 7.19. The summed E-state index contributed by atoms with van der Waals surface area (Å²) >= 11 is 3.63. The molecular weight excluding hydrogens is 148 g/mol. The second-order valence-corrected chi connectivity index (χ2v) is 1.95. The fourth-order valence-corrected chi connectivity index (χ4v) is 0.758. The molecule has 0 fully saturated rings. The van der Waals surface area contributed by atoms with E-state index < -0.39 is 0 Å². The van der Waals surface area contributed by atoms with Gasteiger partial charge in [-0.2, -0.15) is 0 Å². The Bertz CT molecular complexity index is 172. The van der Waals surface area contributed by atoms with Crippen LogP contribution < -0.4 is 8.92 Å². The predicted octanol–water partition coefficient (Wildman–Crippen LogP) is 1.92. The Morgan fingerprint density at radius 1 is 1.10 bits per heavy atom. The summed E-state index contributed by atoms with van der Waals surface area (Å²) in [5.74, 6) is 1.53. The molecule has 0 N–H and O–H groups in total. The van der Waals surface area contributed by atoms with E-state index in [4.69, 9.17) is 4.74 Å². The zero-order valence-corrected chi connectivity index (χ0v) is 6.47. The minimum absolute atomic E-state index is 0.712. The quantitative estimate of drug-likeness (QED) is 0.521. The second kappa shape index (κ2) is 3.37. The van der Waals surface area contributed by atoms with Gasteiger partial charge in [-0.15, -0.1) is 0 Å². The van der Waals surface area contributed by atoms with Gasteiger partial charge >= 0.3 is 0 Å². The van der Waals surface area contributed by atoms with Gasteiger partial charge in [-0.05, 0) is 24.3 Å². The van der Waals surface area contributed by atoms with Crippen molar-refractivity contribution in [3.8, 4) is 11.5 Å². The summed E-state index contributed by atoms with van der Waals surface area (Å²) in [4.78, 5) is 0. The summed E-state index contributed by atoms with van der Waals surface area (Å²) < 4.78 is 9.59. The SMILES string of the molecule is COc1ccc(OS)cc1. The van der Waals surface area contributed by atoms with E-state index in [1.165, 1.54) is 0 Å². The van der Waals surface area contributed by atoms with Crippen LogP contribution in [-0.2, 0) is 0 Å². The van der Waals surface area contributed by atoms with Gasteiger partial charge in [0.05, 0.1) is 7.11 Å². The van der Waals surface area contributed by atoms with Crippen LogP contribution in [0.4, 0.5) is 0 Å². The molecule has 0 amide bonds. The summed E-state index contributed by atoms with van der Waals surface area (Å²) in [6.07, 6.45) is 0. The highest BCUT2D eigenvalue weighted by Crippen LogP contribution is 2.17. The first kappa shape index (κ1) is 7.28. The van der Waals surface area contributed by atoms with Gasteiger partial charge < -0.3 is 8.92 Å². The average molecular weight is 156 g/mol. The molecule has 0 aromatic heterocycles. The third kappa shape index (κ3) is 1.57. The molecule has 0 aliphatic rings. The molecule has 0 bridgehead atoms. The lowest BCUT2D eigenvalue weighted by atomic mass is 10.3. The van der Waals surface area contributed by atoms with E-state index in [9.17, 15) is 0 Å². The van der Waals surface area contributed by atoms with E-state index in [0.29, 0.717) is 5.75 Å². The van der Waals surface area contributed by atoms with Crippen molar-refractivity contribution in [2.24, 2.45) is 0 Å². The van der Waals surface area contributed by atoms with Gasteiger partial charge in [0, 0.05) is 12.9 Å². The van der Waals surface area contributed by atoms with E-state index in [0.717, 1.165) is 5.75 Å². The van der Waals surface area contributed by atoms with E-state index in [1.807, 2.05) is 12.1 Å². The van der Waals surface area contributed by atoms with Crippen molar-refractivity contribution in [3.05, 3.63) is 24.3 Å². The van der Waals surface area contributed by atoms with E-state index in [2.05, 4.69) is 17.1 Å². The molecule has 1 aromatic rings. The Labute approximate surface area is 65.4 Å². The van der Waals surface area contributed by atoms with Crippen LogP contribution in [0.25, 0.3) is 0 Å². The second-order valence-electron chi connectivity index (χ2n) is 1.77. The maximum atomic E-state index is 4.93. The van der Waals surface area contributed by atoms with Crippen LogP contribution in [0.5, 0.6) is 11.5 Å². The molecule has 54 valence electrons. The molecule has 0 aliphatic heterocycles. The number of benzene rings is 1. The van der Waals surface area contributed by atoms with Crippen LogP contribution in [0, 0.1) is 0 Å². The van der Waals surface area contributed by atoms with Crippen molar-refractivity contribution < 1.29 is 8.92 Å². The van der Waals surface area contributed by atoms with Crippen LogP contribution in [0.15, 0.2) is 24.3 Å². The molecule has 2 nitrogen and oxygen atoms in total. The van der Waals surface area contributed by atoms with Crippen molar-refractivity contribution in [1.29, 1.82) is 0 Å². The topological polar surface area (TPSA) is 18.5 Å². The molecule has 10 heavy (non-hydrogen) atoms. The Morgan fingerprint density at radius 2 is 1.60 bits per heavy atom. The standard InChI is InChI=1S/C7H8O2S/c1-8-6-2-4-7(9-10)5-3-6/h2-5,10H,1H3. The molecule has 0 radical (unpaired) electrons. The zero-order chi connectivity index (χ0) is 7.40. The monoisotopic (exact) mass is 156 g/mol. The Morgan fingerprint density at radius 3 is 2.00 bits per heavy atom. The highest BCUT2D eigenvalue weighted by molar-refractivity contribution is 7.75. The van der Waals surface area contributed by atoms with Crippen molar-refractivity contribution in [1.82, 2.24) is 0 Å². The predicted molar refractivity (Wildman–Crippen MR) is 42.6 cm³/mol. The molecule has 0 heterocycles. The number of methoxy groups -OCH3 is 1. The fourth-order valence-electron chi connectivity index (χ4n) is 0.637. The van der Waals surface area contributed by atoms with Crippen molar-refractivity contribution in [2.75, 3.05) is 7.11 Å². The number of hydrogen-bond acceptors (Lipinski definition) is 3. The van der Waals surface area contributed by atoms with Crippen LogP contribution in [0.2, 0.25) is 0 Å². The van der Waals surface area contributed by atoms with Gasteiger partial charge in [0.2, 0.25) is 0 Å². The molecule has 0 aliphatic carbocycles. The van der Waals surface area contributed by atoms with Gasteiger partial charge in [0.15, 0.2) is 0 Å². The lowest BCUT2D eigenvalue weighted by Crippen LogP contribution is -1.81. The van der Waals surface area contributed by atoms with Crippen LogP contribution in [0.1, 0.15) is 0 Å². The number of hydrogen-bond donors (Lipinski definition) is 1. The maximum Gasteiger partial charge on any atom is 0.137 e. The molecule has 0 saturated heterocycles. The fraction of sp³-hybridized carbons (Fsp3) is 0.143. The van der Waals surface area contributed by atoms with Gasteiger partial charge in [-0.25, -0.2) is 0 Å². The third-order valence-electron chi connectivity index (χ3n) is 1.16. The van der Waals surface area contributed by atoms with Crippen LogP contribution in [0.3, 0.4) is 0 Å². The Hall–Kier alpha value is -0.830. The Balaban J connectivity index is 2.80. The first-order valence-electron chi connectivity index (χ1n) is 2.82. The van der Waals surface area contributed by atoms with Crippen molar-refractivity contribution in [3.63, 3.8) is 0 Å². The molecule has 0 atom stereocenters. The Kier molecular flexibility index (Phi) is 2.45. The van der Waals surface area contributed by atoms with Crippen LogP contribution in [-0.4, -0.2) is 7.11 Å². The lowest BCUT2D eigenvalue weighted by Gasteiger charge is -1.99. The summed E-state index contributed by atoms with van der Waals surface area (Å²) in [5.41, 5.74) is 0. The lowest BCUT2D eigenvalue weighted by molar-refractivity contribution is 0.414. The molecule has 1 rings (SSSR count). The van der Waals surface area contributed by atoms with Crippen molar-refractivity contribution >= 4 is 12.9 Å². The highest BCUT2D eigenvalue weighted by atomic mass is 32.1. The molecule has 3 heteroatoms. The summed E-state index contributed by atoms with van der Waals surface area (Å²) in [7, 11) is 1.62. The minimum Gasteiger partial charge on any atom is -0.497 e. The summed E-state index contributed by atoms with van der Waals surface area (Å²) in [5, 5.41) is 0. The van der Waals surface area contributed by atoms with E-state index in [-0.39, 0.29) is 0 Å². The van der Waals surface area contributed by atoms with E-state index >= 15 is 0 Å². The first-order valence-corrected chi connectivity index (χ1v) is 3.19. The molecular formula is C7H8O2S. The molecule has 0 unspecified atom stereocenters. The normalized spacial score (nSPS) is 9.00.